The van der Waals surface area contributed by atoms with Crippen molar-refractivity contribution in [3.8, 4) is 5.75 Å². The Balaban J connectivity index is 2.04. The number of hydrogen-bond donors (Lipinski definition) is 1. The molecule has 2 rings (SSSR count). The number of rotatable bonds is 3. The number of carbonyl (C=O) groups excluding carboxylic acids is 1. The lowest BCUT2D eigenvalue weighted by molar-refractivity contribution is -0.274. The zero-order valence-electron chi connectivity index (χ0n) is 13.6. The van der Waals surface area contributed by atoms with Crippen LogP contribution in [0.4, 0.5) is 18.9 Å². The van der Waals surface area contributed by atoms with E-state index in [0.717, 1.165) is 17.7 Å². The van der Waals surface area contributed by atoms with Crippen LogP contribution < -0.4 is 10.1 Å². The average molecular weight is 337 g/mol. The first-order valence-corrected chi connectivity index (χ1v) is 7.32. The van der Waals surface area contributed by atoms with Gasteiger partial charge in [0, 0.05) is 11.3 Å². The fourth-order valence-electron chi connectivity index (χ4n) is 2.06. The summed E-state index contributed by atoms with van der Waals surface area (Å²) in [5, 5.41) is 2.63. The molecule has 0 heterocycles. The molecule has 3 nitrogen and oxygen atoms in total. The Hall–Kier alpha value is -2.50. The zero-order chi connectivity index (χ0) is 18.0. The predicted octanol–water partition coefficient (Wildman–Crippen LogP) is 5.14. The molecule has 128 valence electrons. The summed E-state index contributed by atoms with van der Waals surface area (Å²) in [5.41, 5.74) is 1.95. The van der Waals surface area contributed by atoms with Crippen LogP contribution in [0.25, 0.3) is 0 Å². The number of nitrogens with one attached hydrogen (secondary N) is 1. The van der Waals surface area contributed by atoms with Gasteiger partial charge in [0.1, 0.15) is 5.75 Å². The van der Waals surface area contributed by atoms with E-state index in [4.69, 9.17) is 0 Å². The van der Waals surface area contributed by atoms with Gasteiger partial charge in [-0.25, -0.2) is 0 Å². The van der Waals surface area contributed by atoms with E-state index in [1.165, 1.54) is 12.1 Å². The van der Waals surface area contributed by atoms with Gasteiger partial charge in [-0.2, -0.15) is 0 Å². The van der Waals surface area contributed by atoms with E-state index in [0.29, 0.717) is 11.3 Å². The van der Waals surface area contributed by atoms with Crippen molar-refractivity contribution in [1.82, 2.24) is 0 Å². The van der Waals surface area contributed by atoms with Crippen molar-refractivity contribution < 1.29 is 22.7 Å². The van der Waals surface area contributed by atoms with Gasteiger partial charge in [-0.3, -0.25) is 4.79 Å². The average Bonchev–Trinajstić information content (AvgIpc) is 2.47. The maximum atomic E-state index is 12.2. The molecule has 6 heteroatoms. The van der Waals surface area contributed by atoms with E-state index in [9.17, 15) is 18.0 Å². The van der Waals surface area contributed by atoms with Crippen molar-refractivity contribution in [2.45, 2.75) is 32.5 Å². The standard InChI is InChI=1S/C18H18F3NO2/c1-17(2,3)13-6-4-12(5-7-13)16(23)22-14-8-10-15(11-9-14)24-18(19,20)21/h4-11H,1-3H3,(H,22,23). The summed E-state index contributed by atoms with van der Waals surface area (Å²) in [6.07, 6.45) is -4.74. The minimum absolute atomic E-state index is 0.0106. The van der Waals surface area contributed by atoms with Crippen LogP contribution in [0.1, 0.15) is 36.7 Å². The smallest absolute Gasteiger partial charge is 0.406 e. The maximum Gasteiger partial charge on any atom is 0.573 e. The summed E-state index contributed by atoms with van der Waals surface area (Å²) in [5.74, 6) is -0.671. The molecule has 0 saturated heterocycles. The molecule has 0 aliphatic heterocycles. The Morgan fingerprint density at radius 3 is 1.92 bits per heavy atom. The minimum Gasteiger partial charge on any atom is -0.406 e. The Labute approximate surface area is 138 Å². The molecule has 0 aromatic heterocycles. The van der Waals surface area contributed by atoms with Gasteiger partial charge in [0.05, 0.1) is 0 Å². The van der Waals surface area contributed by atoms with E-state index in [1.54, 1.807) is 12.1 Å². The fraction of sp³-hybridized carbons (Fsp3) is 0.278. The molecule has 1 N–H and O–H groups in total. The number of alkyl halides is 3. The van der Waals surface area contributed by atoms with Crippen LogP contribution in [0.5, 0.6) is 5.75 Å². The van der Waals surface area contributed by atoms with E-state index >= 15 is 0 Å². The molecule has 0 spiro atoms. The third-order valence-electron chi connectivity index (χ3n) is 3.36. The van der Waals surface area contributed by atoms with Crippen molar-refractivity contribution in [3.05, 3.63) is 59.7 Å². The molecule has 0 atom stereocenters. The van der Waals surface area contributed by atoms with Gasteiger partial charge < -0.3 is 10.1 Å². The molecule has 24 heavy (non-hydrogen) atoms. The number of benzene rings is 2. The number of carbonyl (C=O) groups is 1. The first-order valence-electron chi connectivity index (χ1n) is 7.32. The Morgan fingerprint density at radius 2 is 1.46 bits per heavy atom. The van der Waals surface area contributed by atoms with Crippen molar-refractivity contribution in [3.63, 3.8) is 0 Å². The number of ether oxygens (including phenoxy) is 1. The topological polar surface area (TPSA) is 38.3 Å². The second kappa shape index (κ2) is 6.55. The highest BCUT2D eigenvalue weighted by Gasteiger charge is 2.30. The van der Waals surface area contributed by atoms with Crippen LogP contribution in [0, 0.1) is 0 Å². The molecule has 2 aromatic rings. The number of halogens is 3. The van der Waals surface area contributed by atoms with Gasteiger partial charge >= 0.3 is 6.36 Å². The van der Waals surface area contributed by atoms with Crippen LogP contribution in [0.15, 0.2) is 48.5 Å². The molecule has 0 aliphatic rings. The van der Waals surface area contributed by atoms with E-state index in [-0.39, 0.29) is 17.1 Å². The summed E-state index contributed by atoms with van der Waals surface area (Å²) >= 11 is 0. The molecule has 0 saturated carbocycles. The van der Waals surface area contributed by atoms with Gasteiger partial charge in [-0.15, -0.1) is 13.2 Å². The first kappa shape index (κ1) is 17.8. The number of amides is 1. The first-order chi connectivity index (χ1) is 11.0. The predicted molar refractivity (Wildman–Crippen MR) is 86.2 cm³/mol. The van der Waals surface area contributed by atoms with Crippen LogP contribution in [-0.2, 0) is 5.41 Å². The van der Waals surface area contributed by atoms with Crippen LogP contribution >= 0.6 is 0 Å². The van der Waals surface area contributed by atoms with Gasteiger partial charge in [-0.1, -0.05) is 32.9 Å². The van der Waals surface area contributed by atoms with Gasteiger partial charge in [0.2, 0.25) is 0 Å². The second-order valence-electron chi connectivity index (χ2n) is 6.35. The Bertz CT molecular complexity index is 699. The lowest BCUT2D eigenvalue weighted by atomic mass is 9.87. The highest BCUT2D eigenvalue weighted by Crippen LogP contribution is 2.25. The Morgan fingerprint density at radius 1 is 0.917 bits per heavy atom. The van der Waals surface area contributed by atoms with E-state index in [2.05, 4.69) is 30.8 Å². The molecule has 0 fully saturated rings. The summed E-state index contributed by atoms with van der Waals surface area (Å²) in [6.45, 7) is 6.23. The van der Waals surface area contributed by atoms with Crippen molar-refractivity contribution in [1.29, 1.82) is 0 Å². The summed E-state index contributed by atoms with van der Waals surface area (Å²) in [7, 11) is 0. The summed E-state index contributed by atoms with van der Waals surface area (Å²) in [4.78, 5) is 12.2. The lowest BCUT2D eigenvalue weighted by Gasteiger charge is -2.19. The highest BCUT2D eigenvalue weighted by atomic mass is 19.4. The molecular formula is C18H18F3NO2. The second-order valence-corrected chi connectivity index (χ2v) is 6.35. The normalized spacial score (nSPS) is 11.9. The van der Waals surface area contributed by atoms with Crippen molar-refractivity contribution in [2.24, 2.45) is 0 Å². The maximum absolute atomic E-state index is 12.2. The third-order valence-corrected chi connectivity index (χ3v) is 3.36. The van der Waals surface area contributed by atoms with Gasteiger partial charge in [-0.05, 0) is 47.4 Å². The monoisotopic (exact) mass is 337 g/mol. The zero-order valence-corrected chi connectivity index (χ0v) is 13.6. The summed E-state index contributed by atoms with van der Waals surface area (Å²) < 4.78 is 40.1. The summed E-state index contributed by atoms with van der Waals surface area (Å²) in [6, 6.07) is 12.2. The molecular weight excluding hydrogens is 319 g/mol. The Kier molecular flexibility index (Phi) is 4.87. The molecule has 0 bridgehead atoms. The number of anilines is 1. The SMILES string of the molecule is CC(C)(C)c1ccc(C(=O)Nc2ccc(OC(F)(F)F)cc2)cc1. The van der Waals surface area contributed by atoms with Crippen LogP contribution in [0.2, 0.25) is 0 Å². The van der Waals surface area contributed by atoms with Crippen LogP contribution in [0.3, 0.4) is 0 Å². The van der Waals surface area contributed by atoms with Crippen molar-refractivity contribution >= 4 is 11.6 Å². The molecule has 2 aromatic carbocycles. The third kappa shape index (κ3) is 5.01. The fourth-order valence-corrected chi connectivity index (χ4v) is 2.06. The van der Waals surface area contributed by atoms with Crippen LogP contribution in [-0.4, -0.2) is 12.3 Å². The minimum atomic E-state index is -4.74. The van der Waals surface area contributed by atoms with E-state index in [1.807, 2.05) is 12.1 Å². The largest absolute Gasteiger partial charge is 0.573 e. The highest BCUT2D eigenvalue weighted by molar-refractivity contribution is 6.04. The number of hydrogen-bond acceptors (Lipinski definition) is 2. The van der Waals surface area contributed by atoms with Crippen molar-refractivity contribution in [2.75, 3.05) is 5.32 Å². The lowest BCUT2D eigenvalue weighted by Crippen LogP contribution is -2.17. The molecule has 0 aliphatic carbocycles. The van der Waals surface area contributed by atoms with E-state index < -0.39 is 6.36 Å². The molecule has 0 radical (unpaired) electrons. The van der Waals surface area contributed by atoms with Gasteiger partial charge in [0.25, 0.3) is 5.91 Å². The molecule has 1 amide bonds. The quantitative estimate of drug-likeness (QED) is 0.843. The molecule has 0 unspecified atom stereocenters. The van der Waals surface area contributed by atoms with Gasteiger partial charge in [0.15, 0.2) is 0 Å².